The Morgan fingerprint density at radius 1 is 1.07 bits per heavy atom. The number of unbranched alkanes of at least 4 members (excludes halogenated alkanes) is 1. The monoisotopic (exact) mass is 409 g/mol. The number of amides is 1. The van der Waals surface area contributed by atoms with Crippen LogP contribution < -0.4 is 15.5 Å². The SMILES string of the molecule is CCCCN(C)c1ccc(C(=O)NCc2ccc3c(c2)CNC3)cc1.Cl.Cl. The number of nitrogens with one attached hydrogen (secondary N) is 2. The molecule has 1 aliphatic heterocycles. The normalized spacial score (nSPS) is 11.8. The smallest absolute Gasteiger partial charge is 0.251 e. The van der Waals surface area contributed by atoms with E-state index >= 15 is 0 Å². The van der Waals surface area contributed by atoms with E-state index < -0.39 is 0 Å². The molecule has 27 heavy (non-hydrogen) atoms. The summed E-state index contributed by atoms with van der Waals surface area (Å²) in [7, 11) is 2.09. The predicted octanol–water partition coefficient (Wildman–Crippen LogP) is 4.30. The fraction of sp³-hybridized carbons (Fsp3) is 0.381. The fourth-order valence-electron chi connectivity index (χ4n) is 3.13. The van der Waals surface area contributed by atoms with Crippen LogP contribution in [0, 0.1) is 0 Å². The highest BCUT2D eigenvalue weighted by Crippen LogP contribution is 2.17. The number of rotatable bonds is 7. The summed E-state index contributed by atoms with van der Waals surface area (Å²) in [5.41, 5.74) is 5.70. The largest absolute Gasteiger partial charge is 0.375 e. The van der Waals surface area contributed by atoms with Crippen molar-refractivity contribution in [2.24, 2.45) is 0 Å². The lowest BCUT2D eigenvalue weighted by molar-refractivity contribution is 0.0951. The first-order valence-electron chi connectivity index (χ1n) is 9.08. The summed E-state index contributed by atoms with van der Waals surface area (Å²) < 4.78 is 0. The summed E-state index contributed by atoms with van der Waals surface area (Å²) >= 11 is 0. The summed E-state index contributed by atoms with van der Waals surface area (Å²) in [6.45, 7) is 5.66. The minimum atomic E-state index is -0.0265. The average molecular weight is 410 g/mol. The summed E-state index contributed by atoms with van der Waals surface area (Å²) in [5, 5.41) is 6.36. The molecule has 2 N–H and O–H groups in total. The van der Waals surface area contributed by atoms with E-state index in [1.165, 1.54) is 24.0 Å². The number of benzene rings is 2. The van der Waals surface area contributed by atoms with Crippen LogP contribution in [0.1, 0.15) is 46.8 Å². The van der Waals surface area contributed by atoms with Gasteiger partial charge in [0, 0.05) is 44.5 Å². The zero-order chi connectivity index (χ0) is 17.6. The van der Waals surface area contributed by atoms with Gasteiger partial charge in [-0.25, -0.2) is 0 Å². The Kier molecular flexibility index (Phi) is 9.64. The van der Waals surface area contributed by atoms with Crippen molar-refractivity contribution in [3.63, 3.8) is 0 Å². The summed E-state index contributed by atoms with van der Waals surface area (Å²) in [5.74, 6) is -0.0265. The molecule has 0 spiro atoms. The van der Waals surface area contributed by atoms with Crippen molar-refractivity contribution < 1.29 is 4.79 Å². The van der Waals surface area contributed by atoms with Crippen LogP contribution in [-0.4, -0.2) is 19.5 Å². The molecule has 3 rings (SSSR count). The number of anilines is 1. The standard InChI is InChI=1S/C21H27N3O.2ClH/c1-3-4-11-24(2)20-9-7-17(8-10-20)21(25)23-13-16-5-6-18-14-22-15-19(18)12-16;;/h5-10,12,22H,3-4,11,13-15H2,1-2H3,(H,23,25);2*1H. The molecule has 0 aromatic heterocycles. The van der Waals surface area contributed by atoms with E-state index in [1.807, 2.05) is 24.3 Å². The Labute approximate surface area is 174 Å². The molecule has 1 aliphatic rings. The van der Waals surface area contributed by atoms with E-state index in [0.717, 1.165) is 30.9 Å². The molecule has 0 unspecified atom stereocenters. The van der Waals surface area contributed by atoms with Gasteiger partial charge in [-0.05, 0) is 47.4 Å². The first kappa shape index (κ1) is 23.3. The Morgan fingerprint density at radius 2 is 1.78 bits per heavy atom. The molecule has 0 atom stereocenters. The highest BCUT2D eigenvalue weighted by molar-refractivity contribution is 5.94. The molecule has 0 saturated heterocycles. The third-order valence-electron chi connectivity index (χ3n) is 4.77. The van der Waals surface area contributed by atoms with Crippen molar-refractivity contribution in [3.8, 4) is 0 Å². The number of hydrogen-bond donors (Lipinski definition) is 2. The first-order chi connectivity index (χ1) is 12.2. The molecule has 2 aromatic rings. The Morgan fingerprint density at radius 3 is 2.48 bits per heavy atom. The van der Waals surface area contributed by atoms with Crippen LogP contribution in [0.4, 0.5) is 5.69 Å². The van der Waals surface area contributed by atoms with Gasteiger partial charge < -0.3 is 15.5 Å². The van der Waals surface area contributed by atoms with Crippen LogP contribution in [0.5, 0.6) is 0 Å². The number of halogens is 2. The molecular formula is C21H29Cl2N3O. The van der Waals surface area contributed by atoms with Gasteiger partial charge in [-0.2, -0.15) is 0 Å². The maximum absolute atomic E-state index is 12.4. The molecule has 0 bridgehead atoms. The number of nitrogens with zero attached hydrogens (tertiary/aromatic N) is 1. The van der Waals surface area contributed by atoms with Gasteiger partial charge in [0.1, 0.15) is 0 Å². The summed E-state index contributed by atoms with van der Waals surface area (Å²) in [4.78, 5) is 14.6. The number of hydrogen-bond acceptors (Lipinski definition) is 3. The van der Waals surface area contributed by atoms with Crippen molar-refractivity contribution in [2.45, 2.75) is 39.4 Å². The van der Waals surface area contributed by atoms with Crippen LogP contribution in [0.15, 0.2) is 42.5 Å². The molecule has 0 aliphatic carbocycles. The quantitative estimate of drug-likeness (QED) is 0.716. The fourth-order valence-corrected chi connectivity index (χ4v) is 3.13. The lowest BCUT2D eigenvalue weighted by Gasteiger charge is -2.19. The molecule has 0 radical (unpaired) electrons. The molecule has 2 aromatic carbocycles. The third-order valence-corrected chi connectivity index (χ3v) is 4.77. The Hall–Kier alpha value is -1.75. The first-order valence-corrected chi connectivity index (χ1v) is 9.08. The van der Waals surface area contributed by atoms with Gasteiger partial charge in [-0.15, -0.1) is 24.8 Å². The molecule has 0 fully saturated rings. The molecule has 4 nitrogen and oxygen atoms in total. The zero-order valence-electron chi connectivity index (χ0n) is 16.0. The second-order valence-corrected chi connectivity index (χ2v) is 6.71. The molecule has 148 valence electrons. The molecule has 1 heterocycles. The van der Waals surface area contributed by atoms with Crippen LogP contribution in [-0.2, 0) is 19.6 Å². The minimum Gasteiger partial charge on any atom is -0.375 e. The van der Waals surface area contributed by atoms with Gasteiger partial charge >= 0.3 is 0 Å². The lowest BCUT2D eigenvalue weighted by Crippen LogP contribution is -2.23. The van der Waals surface area contributed by atoms with Crippen LogP contribution in [0.25, 0.3) is 0 Å². The predicted molar refractivity (Wildman–Crippen MR) is 117 cm³/mol. The van der Waals surface area contributed by atoms with Gasteiger partial charge in [0.15, 0.2) is 0 Å². The van der Waals surface area contributed by atoms with Crippen molar-refractivity contribution >= 4 is 36.4 Å². The number of carbonyl (C=O) groups is 1. The average Bonchev–Trinajstić information content (AvgIpc) is 3.12. The van der Waals surface area contributed by atoms with Gasteiger partial charge in [0.25, 0.3) is 5.91 Å². The number of fused-ring (bicyclic) bond motifs is 1. The van der Waals surface area contributed by atoms with Crippen LogP contribution >= 0.6 is 24.8 Å². The zero-order valence-corrected chi connectivity index (χ0v) is 17.6. The maximum atomic E-state index is 12.4. The van der Waals surface area contributed by atoms with Crippen LogP contribution in [0.3, 0.4) is 0 Å². The van der Waals surface area contributed by atoms with Crippen molar-refractivity contribution in [1.82, 2.24) is 10.6 Å². The maximum Gasteiger partial charge on any atom is 0.251 e. The van der Waals surface area contributed by atoms with E-state index in [1.54, 1.807) is 0 Å². The van der Waals surface area contributed by atoms with E-state index in [4.69, 9.17) is 0 Å². The van der Waals surface area contributed by atoms with E-state index in [2.05, 4.69) is 47.7 Å². The number of carbonyl (C=O) groups excluding carboxylic acids is 1. The summed E-state index contributed by atoms with van der Waals surface area (Å²) in [6, 6.07) is 14.3. The highest BCUT2D eigenvalue weighted by Gasteiger charge is 2.11. The van der Waals surface area contributed by atoms with Gasteiger partial charge in [0.2, 0.25) is 0 Å². The van der Waals surface area contributed by atoms with Gasteiger partial charge in [0.05, 0.1) is 0 Å². The van der Waals surface area contributed by atoms with Gasteiger partial charge in [-0.3, -0.25) is 4.79 Å². The molecule has 6 heteroatoms. The van der Waals surface area contributed by atoms with Gasteiger partial charge in [-0.1, -0.05) is 31.5 Å². The third kappa shape index (κ3) is 6.13. The second kappa shape index (κ2) is 11.2. The van der Waals surface area contributed by atoms with Crippen molar-refractivity contribution in [2.75, 3.05) is 18.5 Å². The summed E-state index contributed by atoms with van der Waals surface area (Å²) in [6.07, 6.45) is 2.36. The molecule has 0 saturated carbocycles. The molecular weight excluding hydrogens is 381 g/mol. The minimum absolute atomic E-state index is 0. The van der Waals surface area contributed by atoms with Crippen molar-refractivity contribution in [3.05, 3.63) is 64.7 Å². The lowest BCUT2D eigenvalue weighted by atomic mass is 10.1. The molecule has 1 amide bonds. The Bertz CT molecular complexity index is 735. The van der Waals surface area contributed by atoms with Crippen LogP contribution in [0.2, 0.25) is 0 Å². The topological polar surface area (TPSA) is 44.4 Å². The second-order valence-electron chi connectivity index (χ2n) is 6.71. The Balaban J connectivity index is 0.00000182. The van der Waals surface area contributed by atoms with Crippen molar-refractivity contribution in [1.29, 1.82) is 0 Å². The van der Waals surface area contributed by atoms with E-state index in [0.29, 0.717) is 12.1 Å². The van der Waals surface area contributed by atoms with E-state index in [9.17, 15) is 4.79 Å². The highest BCUT2D eigenvalue weighted by atomic mass is 35.5. The van der Waals surface area contributed by atoms with E-state index in [-0.39, 0.29) is 30.7 Å².